The molecule has 1 aromatic carbocycles. The molecule has 1 unspecified atom stereocenters. The van der Waals surface area contributed by atoms with E-state index in [4.69, 9.17) is 0 Å². The third kappa shape index (κ3) is 4.29. The molecule has 158 valence electrons. The molecule has 0 fully saturated rings. The minimum atomic E-state index is -3.46. The second-order valence-electron chi connectivity index (χ2n) is 7.78. The van der Waals surface area contributed by atoms with Crippen LogP contribution in [0, 0.1) is 0 Å². The number of carbonyl (C=O) groups is 1. The van der Waals surface area contributed by atoms with E-state index in [1.165, 1.54) is 10.6 Å². The minimum absolute atomic E-state index is 0.113. The fourth-order valence-corrected chi connectivity index (χ4v) is 4.50. The minimum Gasteiger partial charge on any atom is -0.349 e. The lowest BCUT2D eigenvalue weighted by Gasteiger charge is -2.17. The molecular weight excluding hydrogens is 390 g/mol. The fraction of sp³-hybridized carbons (Fsp3) is 0.550. The molecule has 8 nitrogen and oxygen atoms in total. The molecule has 3 rings (SSSR count). The maximum Gasteiger partial charge on any atom is 0.251 e. The molecule has 1 atom stereocenters. The Balaban J connectivity index is 2.01. The Bertz CT molecular complexity index is 995. The first-order chi connectivity index (χ1) is 13.7. The molecule has 0 spiro atoms. The number of benzene rings is 1. The van der Waals surface area contributed by atoms with Crippen molar-refractivity contribution in [2.45, 2.75) is 58.5 Å². The number of nitrogens with one attached hydrogen (secondary N) is 1. The summed E-state index contributed by atoms with van der Waals surface area (Å²) in [6.07, 6.45) is 4.56. The smallest absolute Gasteiger partial charge is 0.251 e. The van der Waals surface area contributed by atoms with Crippen molar-refractivity contribution < 1.29 is 13.2 Å². The van der Waals surface area contributed by atoms with Crippen molar-refractivity contribution in [1.82, 2.24) is 20.1 Å². The van der Waals surface area contributed by atoms with E-state index in [0.29, 0.717) is 17.1 Å². The van der Waals surface area contributed by atoms with Crippen LogP contribution in [0.25, 0.3) is 0 Å². The highest BCUT2D eigenvalue weighted by Gasteiger charge is 2.37. The standard InChI is InChI=1S/C20H29N5O3S/c1-6-15(7-2)22-20(26)14-8-9-18-16(10-14)17(11-25(18)29(5,27)28)19-21-12-24(23-19)13(3)4/h8-10,12-13,15,17H,6-7,11H2,1-5H3,(H,22,26). The van der Waals surface area contributed by atoms with Gasteiger partial charge in [-0.15, -0.1) is 0 Å². The molecule has 9 heteroatoms. The summed E-state index contributed by atoms with van der Waals surface area (Å²) in [7, 11) is -3.46. The summed E-state index contributed by atoms with van der Waals surface area (Å²) in [5, 5.41) is 7.57. The van der Waals surface area contributed by atoms with E-state index in [1.807, 2.05) is 27.7 Å². The van der Waals surface area contributed by atoms with Gasteiger partial charge >= 0.3 is 0 Å². The van der Waals surface area contributed by atoms with Crippen molar-refractivity contribution in [2.75, 3.05) is 17.1 Å². The quantitative estimate of drug-likeness (QED) is 0.744. The molecule has 0 saturated heterocycles. The number of sulfonamides is 1. The van der Waals surface area contributed by atoms with Gasteiger partial charge in [0.25, 0.3) is 5.91 Å². The van der Waals surface area contributed by atoms with Crippen molar-refractivity contribution >= 4 is 21.6 Å². The predicted molar refractivity (Wildman–Crippen MR) is 113 cm³/mol. The molecule has 1 N–H and O–H groups in total. The van der Waals surface area contributed by atoms with E-state index in [0.717, 1.165) is 18.4 Å². The van der Waals surface area contributed by atoms with Gasteiger partial charge in [0, 0.05) is 24.2 Å². The molecule has 1 aliphatic rings. The Hall–Kier alpha value is -2.42. The zero-order valence-corrected chi connectivity index (χ0v) is 18.4. The SMILES string of the molecule is CCC(CC)NC(=O)c1ccc2c(c1)C(c1ncn(C(C)C)n1)CN2S(C)(=O)=O. The van der Waals surface area contributed by atoms with Gasteiger partial charge in [0.1, 0.15) is 6.33 Å². The van der Waals surface area contributed by atoms with Crippen molar-refractivity contribution in [3.63, 3.8) is 0 Å². The molecule has 1 amide bonds. The first-order valence-corrected chi connectivity index (χ1v) is 11.8. The Labute approximate surface area is 172 Å². The molecule has 1 aromatic heterocycles. The van der Waals surface area contributed by atoms with Gasteiger partial charge in [-0.3, -0.25) is 13.8 Å². The zero-order valence-electron chi connectivity index (χ0n) is 17.6. The van der Waals surface area contributed by atoms with E-state index in [9.17, 15) is 13.2 Å². The third-order valence-electron chi connectivity index (χ3n) is 5.37. The molecule has 29 heavy (non-hydrogen) atoms. The summed E-state index contributed by atoms with van der Waals surface area (Å²) in [5.41, 5.74) is 1.85. The number of amides is 1. The Morgan fingerprint density at radius 3 is 2.52 bits per heavy atom. The van der Waals surface area contributed by atoms with Gasteiger partial charge in [0.05, 0.1) is 17.9 Å². The average molecular weight is 420 g/mol. The Kier molecular flexibility index (Phi) is 5.97. The first kappa shape index (κ1) is 21.3. The lowest BCUT2D eigenvalue weighted by atomic mass is 9.98. The normalized spacial score (nSPS) is 16.5. The zero-order chi connectivity index (χ0) is 21.3. The molecule has 0 saturated carbocycles. The number of hydrogen-bond acceptors (Lipinski definition) is 5. The Morgan fingerprint density at radius 1 is 1.28 bits per heavy atom. The molecule has 2 aromatic rings. The van der Waals surface area contributed by atoms with Gasteiger partial charge in [-0.25, -0.2) is 13.4 Å². The van der Waals surface area contributed by atoms with Crippen molar-refractivity contribution in [3.8, 4) is 0 Å². The van der Waals surface area contributed by atoms with Gasteiger partial charge in [0.15, 0.2) is 5.82 Å². The van der Waals surface area contributed by atoms with Gasteiger partial charge in [-0.05, 0) is 50.5 Å². The molecule has 0 radical (unpaired) electrons. The predicted octanol–water partition coefficient (Wildman–Crippen LogP) is 2.69. The van der Waals surface area contributed by atoms with E-state index in [2.05, 4.69) is 15.4 Å². The third-order valence-corrected chi connectivity index (χ3v) is 6.52. The lowest BCUT2D eigenvalue weighted by molar-refractivity contribution is 0.0934. The summed E-state index contributed by atoms with van der Waals surface area (Å²) in [6.45, 7) is 8.31. The summed E-state index contributed by atoms with van der Waals surface area (Å²) in [6, 6.07) is 5.43. The largest absolute Gasteiger partial charge is 0.349 e. The number of nitrogens with zero attached hydrogens (tertiary/aromatic N) is 4. The molecule has 2 heterocycles. The number of anilines is 1. The highest BCUT2D eigenvalue weighted by Crippen LogP contribution is 2.41. The van der Waals surface area contributed by atoms with Crippen LogP contribution in [0.15, 0.2) is 24.5 Å². The van der Waals surface area contributed by atoms with Crippen LogP contribution in [0.3, 0.4) is 0 Å². The van der Waals surface area contributed by atoms with Crippen LogP contribution in [0.2, 0.25) is 0 Å². The van der Waals surface area contributed by atoms with E-state index in [-0.39, 0.29) is 30.5 Å². The summed E-state index contributed by atoms with van der Waals surface area (Å²) >= 11 is 0. The number of aromatic nitrogens is 3. The highest BCUT2D eigenvalue weighted by molar-refractivity contribution is 7.92. The molecule has 0 bridgehead atoms. The molecular formula is C20H29N5O3S. The van der Waals surface area contributed by atoms with Crippen LogP contribution >= 0.6 is 0 Å². The summed E-state index contributed by atoms with van der Waals surface area (Å²) in [5.74, 6) is 0.0861. The van der Waals surface area contributed by atoms with Crippen molar-refractivity contribution in [1.29, 1.82) is 0 Å². The van der Waals surface area contributed by atoms with Crippen molar-refractivity contribution in [2.24, 2.45) is 0 Å². The van der Waals surface area contributed by atoms with Gasteiger partial charge in [-0.2, -0.15) is 5.10 Å². The fourth-order valence-electron chi connectivity index (χ4n) is 3.56. The second kappa shape index (κ2) is 8.14. The molecule has 1 aliphatic heterocycles. The maximum atomic E-state index is 12.7. The van der Waals surface area contributed by atoms with Crippen LogP contribution in [-0.2, 0) is 10.0 Å². The Morgan fingerprint density at radius 2 is 1.97 bits per heavy atom. The van der Waals surface area contributed by atoms with Crippen LogP contribution in [0.5, 0.6) is 0 Å². The topological polar surface area (TPSA) is 97.2 Å². The van der Waals surface area contributed by atoms with Gasteiger partial charge in [0.2, 0.25) is 10.0 Å². The van der Waals surface area contributed by atoms with Gasteiger partial charge in [-0.1, -0.05) is 13.8 Å². The van der Waals surface area contributed by atoms with Crippen LogP contribution in [-0.4, -0.2) is 47.9 Å². The summed E-state index contributed by atoms with van der Waals surface area (Å²) < 4.78 is 27.8. The molecule has 0 aliphatic carbocycles. The number of rotatable bonds is 7. The number of fused-ring (bicyclic) bond motifs is 1. The maximum absolute atomic E-state index is 12.7. The van der Waals surface area contributed by atoms with Crippen LogP contribution < -0.4 is 9.62 Å². The average Bonchev–Trinajstić information content (AvgIpc) is 3.29. The highest BCUT2D eigenvalue weighted by atomic mass is 32.2. The van der Waals surface area contributed by atoms with E-state index < -0.39 is 10.0 Å². The lowest BCUT2D eigenvalue weighted by Crippen LogP contribution is -2.33. The van der Waals surface area contributed by atoms with Crippen LogP contribution in [0.4, 0.5) is 5.69 Å². The first-order valence-electron chi connectivity index (χ1n) is 9.99. The van der Waals surface area contributed by atoms with Crippen molar-refractivity contribution in [3.05, 3.63) is 41.5 Å². The number of carbonyl (C=O) groups excluding carboxylic acids is 1. The summed E-state index contributed by atoms with van der Waals surface area (Å²) in [4.78, 5) is 17.1. The van der Waals surface area contributed by atoms with Gasteiger partial charge < -0.3 is 5.32 Å². The number of hydrogen-bond donors (Lipinski definition) is 1. The van der Waals surface area contributed by atoms with E-state index in [1.54, 1.807) is 29.2 Å². The van der Waals surface area contributed by atoms with Crippen LogP contribution in [0.1, 0.15) is 74.2 Å². The van der Waals surface area contributed by atoms with E-state index >= 15 is 0 Å². The monoisotopic (exact) mass is 419 g/mol. The second-order valence-corrected chi connectivity index (χ2v) is 9.69.